The van der Waals surface area contributed by atoms with Crippen molar-refractivity contribution >= 4 is 11.4 Å². The van der Waals surface area contributed by atoms with Crippen molar-refractivity contribution in [3.05, 3.63) is 24.8 Å². The average molecular weight is 247 g/mol. The molecule has 0 atom stereocenters. The molecule has 1 aromatic carbocycles. The zero-order valence-corrected chi connectivity index (χ0v) is 10.8. The van der Waals surface area contributed by atoms with Gasteiger partial charge in [0.15, 0.2) is 0 Å². The Bertz CT molecular complexity index is 522. The number of hydrogen-bond donors (Lipinski definition) is 1. The first-order valence-electron chi connectivity index (χ1n) is 5.72. The molecule has 0 aliphatic carbocycles. The molecule has 0 aliphatic rings. The number of hydrogen-bond acceptors (Lipinski definition) is 5. The van der Waals surface area contributed by atoms with Crippen molar-refractivity contribution in [2.24, 2.45) is 0 Å². The smallest absolute Gasteiger partial charge is 0.145 e. The molecule has 18 heavy (non-hydrogen) atoms. The summed E-state index contributed by atoms with van der Waals surface area (Å²) in [5.41, 5.74) is 8.47. The number of anilines is 2. The fourth-order valence-corrected chi connectivity index (χ4v) is 1.88. The molecule has 0 radical (unpaired) electrons. The Morgan fingerprint density at radius 2 is 1.94 bits per heavy atom. The Kier molecular flexibility index (Phi) is 3.36. The molecular weight excluding hydrogens is 230 g/mol. The van der Waals surface area contributed by atoms with Gasteiger partial charge < -0.3 is 15.4 Å². The Labute approximate surface area is 106 Å². The molecule has 2 rings (SSSR count). The van der Waals surface area contributed by atoms with Crippen molar-refractivity contribution < 1.29 is 4.74 Å². The first-order chi connectivity index (χ1) is 8.65. The van der Waals surface area contributed by atoms with Crippen molar-refractivity contribution in [3.63, 3.8) is 0 Å². The Balaban J connectivity index is 2.67. The van der Waals surface area contributed by atoms with E-state index < -0.39 is 0 Å². The van der Waals surface area contributed by atoms with E-state index in [0.717, 1.165) is 17.1 Å². The minimum Gasteiger partial charge on any atom is -0.492 e. The first kappa shape index (κ1) is 12.2. The van der Waals surface area contributed by atoms with E-state index in [4.69, 9.17) is 10.5 Å². The summed E-state index contributed by atoms with van der Waals surface area (Å²) < 4.78 is 7.45. The van der Waals surface area contributed by atoms with Crippen LogP contribution in [0.3, 0.4) is 0 Å². The molecule has 2 N–H and O–H groups in total. The van der Waals surface area contributed by atoms with Gasteiger partial charge >= 0.3 is 0 Å². The lowest BCUT2D eigenvalue weighted by Crippen LogP contribution is -2.15. The molecular formula is C12H17N5O. The Morgan fingerprint density at radius 1 is 1.28 bits per heavy atom. The van der Waals surface area contributed by atoms with Gasteiger partial charge in [-0.2, -0.15) is 0 Å². The zero-order valence-electron chi connectivity index (χ0n) is 10.8. The van der Waals surface area contributed by atoms with Crippen molar-refractivity contribution in [1.29, 1.82) is 0 Å². The van der Waals surface area contributed by atoms with Crippen molar-refractivity contribution in [2.75, 3.05) is 31.3 Å². The van der Waals surface area contributed by atoms with Crippen LogP contribution in [0.25, 0.3) is 5.69 Å². The third kappa shape index (κ3) is 2.09. The average Bonchev–Trinajstić information content (AvgIpc) is 2.84. The topological polar surface area (TPSA) is 69.2 Å². The summed E-state index contributed by atoms with van der Waals surface area (Å²) in [5, 5.41) is 7.66. The lowest BCUT2D eigenvalue weighted by molar-refractivity contribution is 0.339. The highest BCUT2D eigenvalue weighted by Crippen LogP contribution is 2.36. The van der Waals surface area contributed by atoms with Crippen LogP contribution in [0.4, 0.5) is 11.4 Å². The van der Waals surface area contributed by atoms with Crippen LogP contribution in [-0.4, -0.2) is 35.5 Å². The van der Waals surface area contributed by atoms with Gasteiger partial charge in [-0.25, -0.2) is 0 Å². The van der Waals surface area contributed by atoms with Gasteiger partial charge in [0.25, 0.3) is 0 Å². The predicted molar refractivity (Wildman–Crippen MR) is 71.3 cm³/mol. The van der Waals surface area contributed by atoms with Crippen molar-refractivity contribution in [3.8, 4) is 11.4 Å². The number of benzene rings is 1. The van der Waals surface area contributed by atoms with Gasteiger partial charge in [-0.05, 0) is 19.1 Å². The fraction of sp³-hybridized carbons (Fsp3) is 0.333. The van der Waals surface area contributed by atoms with Crippen LogP contribution in [0.2, 0.25) is 0 Å². The molecule has 0 spiro atoms. The molecule has 0 fully saturated rings. The number of rotatable bonds is 4. The summed E-state index contributed by atoms with van der Waals surface area (Å²) in [6.45, 7) is 2.54. The number of nitrogen functional groups attached to an aromatic ring is 1. The maximum absolute atomic E-state index is 6.04. The van der Waals surface area contributed by atoms with Gasteiger partial charge in [0.2, 0.25) is 0 Å². The summed E-state index contributed by atoms with van der Waals surface area (Å²) in [6.07, 6.45) is 3.26. The fourth-order valence-electron chi connectivity index (χ4n) is 1.88. The monoisotopic (exact) mass is 247 g/mol. The van der Waals surface area contributed by atoms with Gasteiger partial charge in [0.05, 0.1) is 18.0 Å². The second kappa shape index (κ2) is 4.95. The SMILES string of the molecule is CCOc1ccc(N)c(N(C)C)c1-n1cnnc1. The number of aromatic nitrogens is 3. The maximum atomic E-state index is 6.04. The van der Waals surface area contributed by atoms with Gasteiger partial charge in [-0.15, -0.1) is 10.2 Å². The summed E-state index contributed by atoms with van der Waals surface area (Å²) in [6, 6.07) is 3.70. The summed E-state index contributed by atoms with van der Waals surface area (Å²) in [4.78, 5) is 1.95. The molecule has 6 nitrogen and oxygen atoms in total. The Morgan fingerprint density at radius 3 is 2.50 bits per heavy atom. The van der Waals surface area contributed by atoms with E-state index in [9.17, 15) is 0 Å². The normalized spacial score (nSPS) is 10.4. The van der Waals surface area contributed by atoms with Crippen LogP contribution in [-0.2, 0) is 0 Å². The second-order valence-electron chi connectivity index (χ2n) is 4.05. The van der Waals surface area contributed by atoms with E-state index in [2.05, 4.69) is 10.2 Å². The molecule has 1 heterocycles. The van der Waals surface area contributed by atoms with Gasteiger partial charge in [-0.1, -0.05) is 0 Å². The van der Waals surface area contributed by atoms with E-state index in [1.807, 2.05) is 38.1 Å². The third-order valence-corrected chi connectivity index (χ3v) is 2.57. The minimum absolute atomic E-state index is 0.589. The first-order valence-corrected chi connectivity index (χ1v) is 5.72. The van der Waals surface area contributed by atoms with E-state index in [-0.39, 0.29) is 0 Å². The van der Waals surface area contributed by atoms with Gasteiger partial charge in [-0.3, -0.25) is 4.57 Å². The van der Waals surface area contributed by atoms with E-state index >= 15 is 0 Å². The van der Waals surface area contributed by atoms with Crippen LogP contribution >= 0.6 is 0 Å². The van der Waals surface area contributed by atoms with Crippen LogP contribution in [0.1, 0.15) is 6.92 Å². The van der Waals surface area contributed by atoms with E-state index in [1.54, 1.807) is 17.2 Å². The molecule has 2 aromatic rings. The summed E-state index contributed by atoms with van der Waals surface area (Å²) in [5.74, 6) is 0.759. The van der Waals surface area contributed by atoms with Crippen LogP contribution in [0.5, 0.6) is 5.75 Å². The molecule has 0 unspecified atom stereocenters. The highest BCUT2D eigenvalue weighted by atomic mass is 16.5. The zero-order chi connectivity index (χ0) is 13.1. The predicted octanol–water partition coefficient (Wildman–Crippen LogP) is 1.31. The molecule has 96 valence electrons. The standard InChI is InChI=1S/C12H17N5O/c1-4-18-10-6-5-9(13)11(16(2)3)12(10)17-7-14-15-8-17/h5-8H,4,13H2,1-3H3. The molecule has 0 amide bonds. The molecule has 6 heteroatoms. The summed E-state index contributed by atoms with van der Waals surface area (Å²) >= 11 is 0. The molecule has 1 aromatic heterocycles. The third-order valence-electron chi connectivity index (χ3n) is 2.57. The van der Waals surface area contributed by atoms with E-state index in [0.29, 0.717) is 12.3 Å². The largest absolute Gasteiger partial charge is 0.492 e. The quantitative estimate of drug-likeness (QED) is 0.825. The van der Waals surface area contributed by atoms with Crippen molar-refractivity contribution in [1.82, 2.24) is 14.8 Å². The molecule has 0 aliphatic heterocycles. The lowest BCUT2D eigenvalue weighted by Gasteiger charge is -2.22. The van der Waals surface area contributed by atoms with E-state index in [1.165, 1.54) is 0 Å². The number of nitrogens with two attached hydrogens (primary N) is 1. The van der Waals surface area contributed by atoms with Gasteiger partial charge in [0, 0.05) is 14.1 Å². The lowest BCUT2D eigenvalue weighted by atomic mass is 10.2. The molecule has 0 bridgehead atoms. The molecule has 0 saturated carbocycles. The van der Waals surface area contributed by atoms with Crippen LogP contribution < -0.4 is 15.4 Å². The maximum Gasteiger partial charge on any atom is 0.145 e. The van der Waals surface area contributed by atoms with Gasteiger partial charge in [0.1, 0.15) is 24.1 Å². The highest BCUT2D eigenvalue weighted by molar-refractivity contribution is 5.80. The van der Waals surface area contributed by atoms with Crippen molar-refractivity contribution in [2.45, 2.75) is 6.92 Å². The van der Waals surface area contributed by atoms with Crippen LogP contribution in [0, 0.1) is 0 Å². The molecule has 0 saturated heterocycles. The highest BCUT2D eigenvalue weighted by Gasteiger charge is 2.16. The minimum atomic E-state index is 0.589. The second-order valence-corrected chi connectivity index (χ2v) is 4.05. The Hall–Kier alpha value is -2.24. The van der Waals surface area contributed by atoms with Crippen LogP contribution in [0.15, 0.2) is 24.8 Å². The number of nitrogens with zero attached hydrogens (tertiary/aromatic N) is 4. The summed E-state index contributed by atoms with van der Waals surface area (Å²) in [7, 11) is 3.88. The number of ether oxygens (including phenoxy) is 1.